The van der Waals surface area contributed by atoms with Gasteiger partial charge in [-0.2, -0.15) is 5.26 Å². The van der Waals surface area contributed by atoms with Gasteiger partial charge in [-0.15, -0.1) is 0 Å². The maximum Gasteiger partial charge on any atom is 0.0666 e. The van der Waals surface area contributed by atoms with Crippen molar-refractivity contribution in [2.24, 2.45) is 5.92 Å². The molecule has 0 saturated carbocycles. The second kappa shape index (κ2) is 4.40. The summed E-state index contributed by atoms with van der Waals surface area (Å²) in [5.74, 6) is 0.0747. The molecule has 1 heterocycles. The Morgan fingerprint density at radius 2 is 2.11 bits per heavy atom. The number of hydrogen-bond acceptors (Lipinski definition) is 2. The average Bonchev–Trinajstić information content (AvgIpc) is 2.80. The summed E-state index contributed by atoms with van der Waals surface area (Å²) in [7, 11) is 0. The Morgan fingerprint density at radius 3 is 2.72 bits per heavy atom. The molecule has 2 heteroatoms. The van der Waals surface area contributed by atoms with E-state index in [1.807, 2.05) is 0 Å². The first-order chi connectivity index (χ1) is 8.80. The van der Waals surface area contributed by atoms with Crippen LogP contribution in [0.1, 0.15) is 36.5 Å². The molecule has 0 bridgehead atoms. The molecule has 1 aromatic carbocycles. The quantitative estimate of drug-likeness (QED) is 0.815. The minimum atomic E-state index is -0.0406. The van der Waals surface area contributed by atoms with E-state index in [1.165, 1.54) is 36.0 Å². The molecular formula is C16H19NO. The molecule has 1 unspecified atom stereocenters. The minimum absolute atomic E-state index is 0.0406. The van der Waals surface area contributed by atoms with Crippen LogP contribution in [0.2, 0.25) is 0 Å². The first-order valence-corrected chi connectivity index (χ1v) is 6.90. The van der Waals surface area contributed by atoms with Gasteiger partial charge in [0.05, 0.1) is 30.6 Å². The predicted octanol–water partition coefficient (Wildman–Crippen LogP) is 2.99. The lowest BCUT2D eigenvalue weighted by atomic mass is 9.68. The van der Waals surface area contributed by atoms with E-state index in [1.54, 1.807) is 0 Å². The van der Waals surface area contributed by atoms with Gasteiger partial charge in [0.25, 0.3) is 0 Å². The number of nitriles is 1. The molecule has 0 spiro atoms. The zero-order chi connectivity index (χ0) is 12.6. The number of aryl methyl sites for hydroxylation is 2. The van der Waals surface area contributed by atoms with Gasteiger partial charge in [0.15, 0.2) is 0 Å². The third kappa shape index (κ3) is 1.58. The largest absolute Gasteiger partial charge is 0.379 e. The standard InChI is InChI=1S/C16H19NO/c1-2-14(9-17)16(10-18-11-16)15-7-6-12-4-3-5-13(12)8-15/h6-8,14H,2-5,10-11H2,1H3. The van der Waals surface area contributed by atoms with Crippen LogP contribution in [0.3, 0.4) is 0 Å². The lowest BCUT2D eigenvalue weighted by Crippen LogP contribution is -2.52. The SMILES string of the molecule is CCC(C#N)C1(c2ccc3c(c2)CCC3)COC1. The van der Waals surface area contributed by atoms with Crippen LogP contribution in [0.15, 0.2) is 18.2 Å². The van der Waals surface area contributed by atoms with Crippen molar-refractivity contribution in [3.8, 4) is 6.07 Å². The molecule has 0 aromatic heterocycles. The smallest absolute Gasteiger partial charge is 0.0666 e. The zero-order valence-corrected chi connectivity index (χ0v) is 10.9. The van der Waals surface area contributed by atoms with Gasteiger partial charge in [0, 0.05) is 0 Å². The van der Waals surface area contributed by atoms with Crippen LogP contribution in [0.25, 0.3) is 0 Å². The fraction of sp³-hybridized carbons (Fsp3) is 0.562. The summed E-state index contributed by atoms with van der Waals surface area (Å²) in [6.07, 6.45) is 4.59. The summed E-state index contributed by atoms with van der Waals surface area (Å²) in [6, 6.07) is 9.31. The fourth-order valence-electron chi connectivity index (χ4n) is 3.38. The summed E-state index contributed by atoms with van der Waals surface area (Å²) in [5, 5.41) is 9.38. The highest BCUT2D eigenvalue weighted by molar-refractivity contribution is 5.41. The van der Waals surface area contributed by atoms with Crippen LogP contribution in [0, 0.1) is 17.2 Å². The first kappa shape index (κ1) is 11.7. The second-order valence-corrected chi connectivity index (χ2v) is 5.58. The first-order valence-electron chi connectivity index (χ1n) is 6.90. The Hall–Kier alpha value is -1.33. The maximum absolute atomic E-state index is 9.38. The van der Waals surface area contributed by atoms with Gasteiger partial charge in [0.2, 0.25) is 0 Å². The maximum atomic E-state index is 9.38. The number of benzene rings is 1. The molecule has 0 amide bonds. The molecule has 1 atom stereocenters. The second-order valence-electron chi connectivity index (χ2n) is 5.58. The normalized spacial score (nSPS) is 21.8. The fourth-order valence-corrected chi connectivity index (χ4v) is 3.38. The van der Waals surface area contributed by atoms with Crippen LogP contribution in [0.5, 0.6) is 0 Å². The summed E-state index contributed by atoms with van der Waals surface area (Å²) in [6.45, 7) is 3.51. The minimum Gasteiger partial charge on any atom is -0.379 e. The van der Waals surface area contributed by atoms with Crippen molar-refractivity contribution in [3.05, 3.63) is 34.9 Å². The highest BCUT2D eigenvalue weighted by Crippen LogP contribution is 2.42. The molecule has 18 heavy (non-hydrogen) atoms. The highest BCUT2D eigenvalue weighted by atomic mass is 16.5. The lowest BCUT2D eigenvalue weighted by molar-refractivity contribution is -0.0805. The van der Waals surface area contributed by atoms with Gasteiger partial charge < -0.3 is 4.74 Å². The van der Waals surface area contributed by atoms with E-state index in [-0.39, 0.29) is 11.3 Å². The van der Waals surface area contributed by atoms with E-state index in [0.717, 1.165) is 6.42 Å². The molecule has 1 saturated heterocycles. The van der Waals surface area contributed by atoms with Crippen molar-refractivity contribution in [3.63, 3.8) is 0 Å². The van der Waals surface area contributed by atoms with E-state index >= 15 is 0 Å². The highest BCUT2D eigenvalue weighted by Gasteiger charge is 2.46. The van der Waals surface area contributed by atoms with E-state index in [9.17, 15) is 5.26 Å². The number of rotatable bonds is 3. The Morgan fingerprint density at radius 1 is 1.33 bits per heavy atom. The lowest BCUT2D eigenvalue weighted by Gasteiger charge is -2.45. The number of nitrogens with zero attached hydrogens (tertiary/aromatic N) is 1. The van der Waals surface area contributed by atoms with E-state index in [0.29, 0.717) is 13.2 Å². The van der Waals surface area contributed by atoms with Gasteiger partial charge in [-0.3, -0.25) is 0 Å². The molecular weight excluding hydrogens is 222 g/mol. The Labute approximate surface area is 109 Å². The third-order valence-electron chi connectivity index (χ3n) is 4.62. The van der Waals surface area contributed by atoms with Gasteiger partial charge in [-0.05, 0) is 42.4 Å². The van der Waals surface area contributed by atoms with Crippen LogP contribution in [0.4, 0.5) is 0 Å². The van der Waals surface area contributed by atoms with Crippen molar-refractivity contribution < 1.29 is 4.74 Å². The van der Waals surface area contributed by atoms with Crippen LogP contribution >= 0.6 is 0 Å². The monoisotopic (exact) mass is 241 g/mol. The van der Waals surface area contributed by atoms with Gasteiger partial charge >= 0.3 is 0 Å². The van der Waals surface area contributed by atoms with Gasteiger partial charge in [0.1, 0.15) is 0 Å². The van der Waals surface area contributed by atoms with Crippen molar-refractivity contribution in [2.75, 3.05) is 13.2 Å². The Kier molecular flexibility index (Phi) is 2.87. The van der Waals surface area contributed by atoms with E-state index in [2.05, 4.69) is 31.2 Å². The molecule has 1 aliphatic heterocycles. The molecule has 0 N–H and O–H groups in total. The molecule has 2 aliphatic rings. The molecule has 1 aliphatic carbocycles. The van der Waals surface area contributed by atoms with Crippen molar-refractivity contribution in [1.82, 2.24) is 0 Å². The van der Waals surface area contributed by atoms with Crippen molar-refractivity contribution in [1.29, 1.82) is 5.26 Å². The third-order valence-corrected chi connectivity index (χ3v) is 4.62. The van der Waals surface area contributed by atoms with Crippen molar-refractivity contribution >= 4 is 0 Å². The van der Waals surface area contributed by atoms with Crippen LogP contribution in [-0.4, -0.2) is 13.2 Å². The molecule has 2 nitrogen and oxygen atoms in total. The average molecular weight is 241 g/mol. The predicted molar refractivity (Wildman–Crippen MR) is 70.4 cm³/mol. The van der Waals surface area contributed by atoms with Crippen LogP contribution in [-0.2, 0) is 23.0 Å². The Balaban J connectivity index is 1.99. The molecule has 94 valence electrons. The zero-order valence-electron chi connectivity index (χ0n) is 10.9. The number of fused-ring (bicyclic) bond motifs is 1. The summed E-state index contributed by atoms with van der Waals surface area (Å²) in [5.41, 5.74) is 4.27. The molecule has 3 rings (SSSR count). The topological polar surface area (TPSA) is 33.0 Å². The summed E-state index contributed by atoms with van der Waals surface area (Å²) in [4.78, 5) is 0. The molecule has 1 aromatic rings. The number of ether oxygens (including phenoxy) is 1. The molecule has 0 radical (unpaired) electrons. The number of hydrogen-bond donors (Lipinski definition) is 0. The summed E-state index contributed by atoms with van der Waals surface area (Å²) < 4.78 is 5.45. The van der Waals surface area contributed by atoms with Crippen LogP contribution < -0.4 is 0 Å². The Bertz CT molecular complexity index is 496. The van der Waals surface area contributed by atoms with Gasteiger partial charge in [-0.25, -0.2) is 0 Å². The van der Waals surface area contributed by atoms with Gasteiger partial charge in [-0.1, -0.05) is 25.1 Å². The van der Waals surface area contributed by atoms with E-state index < -0.39 is 0 Å². The van der Waals surface area contributed by atoms with Crippen molar-refractivity contribution in [2.45, 2.75) is 38.0 Å². The summed E-state index contributed by atoms with van der Waals surface area (Å²) >= 11 is 0. The van der Waals surface area contributed by atoms with E-state index in [4.69, 9.17) is 4.74 Å². The molecule has 1 fully saturated rings.